The second-order valence-electron chi connectivity index (χ2n) is 4.68. The summed E-state index contributed by atoms with van der Waals surface area (Å²) in [6.07, 6.45) is 0.822. The van der Waals surface area contributed by atoms with Gasteiger partial charge in [-0.1, -0.05) is 22.9 Å². The Bertz CT molecular complexity index is 402. The Kier molecular flexibility index (Phi) is 3.76. The van der Waals surface area contributed by atoms with Gasteiger partial charge in [-0.15, -0.1) is 0 Å². The number of nitrogens with zero attached hydrogens (tertiary/aromatic N) is 1. The van der Waals surface area contributed by atoms with Gasteiger partial charge in [-0.3, -0.25) is 4.90 Å². The molecule has 0 aromatic heterocycles. The first-order valence-corrected chi connectivity index (χ1v) is 6.63. The standard InChI is InChI=1S/C13H18BrNO2/c1-3-13(16)8-15(9-13)7-10-6-11(17-2)4-5-12(10)14/h4-6,16H,3,7-9H2,1-2H3. The highest BCUT2D eigenvalue weighted by Gasteiger charge is 2.39. The van der Waals surface area contributed by atoms with Crippen molar-refractivity contribution in [2.24, 2.45) is 0 Å². The predicted octanol–water partition coefficient (Wildman–Crippen LogP) is 2.41. The molecule has 17 heavy (non-hydrogen) atoms. The first-order valence-electron chi connectivity index (χ1n) is 5.83. The average molecular weight is 300 g/mol. The molecule has 1 N–H and O–H groups in total. The van der Waals surface area contributed by atoms with Gasteiger partial charge in [-0.05, 0) is 30.2 Å². The summed E-state index contributed by atoms with van der Waals surface area (Å²) in [6, 6.07) is 5.97. The summed E-state index contributed by atoms with van der Waals surface area (Å²) in [7, 11) is 1.67. The molecule has 0 aliphatic carbocycles. The molecule has 4 heteroatoms. The normalized spacial score (nSPS) is 18.8. The fourth-order valence-electron chi connectivity index (χ4n) is 2.16. The number of likely N-dealkylation sites (tertiary alicyclic amines) is 1. The second-order valence-corrected chi connectivity index (χ2v) is 5.53. The molecule has 0 bridgehead atoms. The van der Waals surface area contributed by atoms with Crippen LogP contribution in [-0.2, 0) is 6.54 Å². The molecule has 1 heterocycles. The van der Waals surface area contributed by atoms with E-state index in [1.807, 2.05) is 25.1 Å². The highest BCUT2D eigenvalue weighted by atomic mass is 79.9. The lowest BCUT2D eigenvalue weighted by molar-refractivity contribution is -0.103. The van der Waals surface area contributed by atoms with Crippen LogP contribution in [0.1, 0.15) is 18.9 Å². The van der Waals surface area contributed by atoms with Crippen LogP contribution in [0.2, 0.25) is 0 Å². The monoisotopic (exact) mass is 299 g/mol. The molecule has 1 aromatic carbocycles. The largest absolute Gasteiger partial charge is 0.497 e. The lowest BCUT2D eigenvalue weighted by Crippen LogP contribution is -2.60. The van der Waals surface area contributed by atoms with Crippen molar-refractivity contribution in [2.75, 3.05) is 20.2 Å². The van der Waals surface area contributed by atoms with Crippen LogP contribution in [-0.4, -0.2) is 35.8 Å². The smallest absolute Gasteiger partial charge is 0.119 e. The third-order valence-electron chi connectivity index (χ3n) is 3.34. The van der Waals surface area contributed by atoms with Gasteiger partial charge in [0.15, 0.2) is 0 Å². The maximum absolute atomic E-state index is 9.96. The lowest BCUT2D eigenvalue weighted by atomic mass is 9.91. The molecule has 0 spiro atoms. The van der Waals surface area contributed by atoms with Crippen molar-refractivity contribution in [1.29, 1.82) is 0 Å². The van der Waals surface area contributed by atoms with Crippen LogP contribution in [0.5, 0.6) is 5.75 Å². The van der Waals surface area contributed by atoms with E-state index in [2.05, 4.69) is 20.8 Å². The Labute approximate surface area is 111 Å². The van der Waals surface area contributed by atoms with Gasteiger partial charge in [0, 0.05) is 24.1 Å². The molecule has 1 aromatic rings. The van der Waals surface area contributed by atoms with Gasteiger partial charge in [0.25, 0.3) is 0 Å². The Morgan fingerprint density at radius 2 is 2.18 bits per heavy atom. The molecule has 1 saturated heterocycles. The summed E-state index contributed by atoms with van der Waals surface area (Å²) in [6.45, 7) is 4.39. The van der Waals surface area contributed by atoms with Gasteiger partial charge in [0.2, 0.25) is 0 Å². The van der Waals surface area contributed by atoms with Crippen LogP contribution < -0.4 is 4.74 Å². The number of benzene rings is 1. The van der Waals surface area contributed by atoms with Crippen LogP contribution in [0.15, 0.2) is 22.7 Å². The topological polar surface area (TPSA) is 32.7 Å². The molecule has 0 radical (unpaired) electrons. The second kappa shape index (κ2) is 4.96. The van der Waals surface area contributed by atoms with Gasteiger partial charge >= 0.3 is 0 Å². The molecule has 0 unspecified atom stereocenters. The minimum absolute atomic E-state index is 0.467. The summed E-state index contributed by atoms with van der Waals surface area (Å²) < 4.78 is 6.30. The molecule has 94 valence electrons. The minimum atomic E-state index is -0.467. The third-order valence-corrected chi connectivity index (χ3v) is 4.11. The highest BCUT2D eigenvalue weighted by molar-refractivity contribution is 9.10. The van der Waals surface area contributed by atoms with Crippen molar-refractivity contribution in [3.8, 4) is 5.75 Å². The average Bonchev–Trinajstić information content (AvgIpc) is 2.29. The maximum atomic E-state index is 9.96. The highest BCUT2D eigenvalue weighted by Crippen LogP contribution is 2.29. The molecule has 3 nitrogen and oxygen atoms in total. The van der Waals surface area contributed by atoms with E-state index in [4.69, 9.17) is 4.74 Å². The number of β-amino-alcohol motifs (C(OH)–C–C–N with tert-alkyl or cyclic N) is 1. The number of ether oxygens (including phenoxy) is 1. The van der Waals surface area contributed by atoms with Crippen LogP contribution in [0.3, 0.4) is 0 Å². The first kappa shape index (κ1) is 12.9. The number of aliphatic hydroxyl groups is 1. The maximum Gasteiger partial charge on any atom is 0.119 e. The zero-order valence-electron chi connectivity index (χ0n) is 10.2. The Morgan fingerprint density at radius 1 is 1.47 bits per heavy atom. The summed E-state index contributed by atoms with van der Waals surface area (Å²) >= 11 is 3.54. The van der Waals surface area contributed by atoms with E-state index in [0.29, 0.717) is 0 Å². The Balaban J connectivity index is 2.00. The third kappa shape index (κ3) is 2.81. The summed E-state index contributed by atoms with van der Waals surface area (Å²) in [5.74, 6) is 0.870. The molecule has 0 amide bonds. The van der Waals surface area contributed by atoms with Gasteiger partial charge in [0.05, 0.1) is 12.7 Å². The van der Waals surface area contributed by atoms with Gasteiger partial charge < -0.3 is 9.84 Å². The van der Waals surface area contributed by atoms with Crippen LogP contribution >= 0.6 is 15.9 Å². The molecule has 1 aliphatic heterocycles. The van der Waals surface area contributed by atoms with Gasteiger partial charge in [0.1, 0.15) is 5.75 Å². The zero-order valence-corrected chi connectivity index (χ0v) is 11.8. The number of hydrogen-bond acceptors (Lipinski definition) is 3. The van der Waals surface area contributed by atoms with Crippen LogP contribution in [0.4, 0.5) is 0 Å². The SMILES string of the molecule is CCC1(O)CN(Cc2cc(OC)ccc2Br)C1. The fourth-order valence-corrected chi connectivity index (χ4v) is 2.53. The van der Waals surface area contributed by atoms with E-state index in [1.165, 1.54) is 5.56 Å². The molecule has 2 rings (SSSR count). The van der Waals surface area contributed by atoms with Gasteiger partial charge in [-0.25, -0.2) is 0 Å². The van der Waals surface area contributed by atoms with Crippen molar-refractivity contribution in [2.45, 2.75) is 25.5 Å². The van der Waals surface area contributed by atoms with Crippen molar-refractivity contribution < 1.29 is 9.84 Å². The van der Waals surface area contributed by atoms with Crippen LogP contribution in [0, 0.1) is 0 Å². The quantitative estimate of drug-likeness (QED) is 0.927. The summed E-state index contributed by atoms with van der Waals surface area (Å²) in [5, 5.41) is 9.96. The van der Waals surface area contributed by atoms with Crippen molar-refractivity contribution in [1.82, 2.24) is 4.90 Å². The number of rotatable bonds is 4. The Morgan fingerprint density at radius 3 is 2.76 bits per heavy atom. The van der Waals surface area contributed by atoms with E-state index in [9.17, 15) is 5.11 Å². The number of methoxy groups -OCH3 is 1. The van der Waals surface area contributed by atoms with E-state index in [0.717, 1.165) is 36.3 Å². The fraction of sp³-hybridized carbons (Fsp3) is 0.538. The van der Waals surface area contributed by atoms with E-state index >= 15 is 0 Å². The van der Waals surface area contributed by atoms with E-state index < -0.39 is 5.60 Å². The summed E-state index contributed by atoms with van der Waals surface area (Å²) in [4.78, 5) is 2.24. The molecule has 0 saturated carbocycles. The van der Waals surface area contributed by atoms with Crippen LogP contribution in [0.25, 0.3) is 0 Å². The van der Waals surface area contributed by atoms with Gasteiger partial charge in [-0.2, -0.15) is 0 Å². The van der Waals surface area contributed by atoms with Crippen molar-refractivity contribution >= 4 is 15.9 Å². The minimum Gasteiger partial charge on any atom is -0.497 e. The van der Waals surface area contributed by atoms with E-state index in [1.54, 1.807) is 7.11 Å². The molecular weight excluding hydrogens is 282 g/mol. The molecule has 0 atom stereocenters. The van der Waals surface area contributed by atoms with Crippen molar-refractivity contribution in [3.05, 3.63) is 28.2 Å². The van der Waals surface area contributed by atoms with Crippen molar-refractivity contribution in [3.63, 3.8) is 0 Å². The lowest BCUT2D eigenvalue weighted by Gasteiger charge is -2.46. The van der Waals surface area contributed by atoms with E-state index in [-0.39, 0.29) is 0 Å². The molecule has 1 fully saturated rings. The Hall–Kier alpha value is -0.580. The summed E-state index contributed by atoms with van der Waals surface area (Å²) in [5.41, 5.74) is 0.730. The zero-order chi connectivity index (χ0) is 12.5. The number of halogens is 1. The first-order chi connectivity index (χ1) is 8.06. The molecule has 1 aliphatic rings. The predicted molar refractivity (Wildman–Crippen MR) is 71.2 cm³/mol. The number of hydrogen-bond donors (Lipinski definition) is 1. The molecular formula is C13H18BrNO2.